The summed E-state index contributed by atoms with van der Waals surface area (Å²) in [4.78, 5) is 3.56. The normalized spacial score (nSPS) is 13.9. The van der Waals surface area contributed by atoms with Crippen molar-refractivity contribution < 1.29 is 18.9 Å². The van der Waals surface area contributed by atoms with Crippen LogP contribution in [0, 0.1) is 18.3 Å². The van der Waals surface area contributed by atoms with Crippen LogP contribution < -0.4 is 18.9 Å². The fraction of sp³-hybridized carbons (Fsp3) is 0.324. The van der Waals surface area contributed by atoms with Gasteiger partial charge >= 0.3 is 0 Å². The first-order valence-corrected chi connectivity index (χ1v) is 15.7. The zero-order valence-corrected chi connectivity index (χ0v) is 28.2. The highest BCUT2D eigenvalue weighted by atomic mass is 35.5. The molecule has 1 atom stereocenters. The summed E-state index contributed by atoms with van der Waals surface area (Å²) in [6.45, 7) is 4.79. The molecule has 8 heteroatoms. The molecule has 0 fully saturated rings. The van der Waals surface area contributed by atoms with E-state index in [2.05, 4.69) is 66.4 Å². The zero-order valence-electron chi connectivity index (χ0n) is 26.6. The Morgan fingerprint density at radius 3 is 2.11 bits per heavy atom. The van der Waals surface area contributed by atoms with Gasteiger partial charge in [-0.25, -0.2) is 0 Å². The maximum atomic E-state index is 11.0. The van der Waals surface area contributed by atoms with Gasteiger partial charge in [-0.3, -0.25) is 4.90 Å². The van der Waals surface area contributed by atoms with E-state index >= 15 is 0 Å². The Hall–Kier alpha value is -3.83. The highest BCUT2D eigenvalue weighted by molar-refractivity contribution is 8.00. The van der Waals surface area contributed by atoms with E-state index in [1.165, 1.54) is 16.7 Å². The van der Waals surface area contributed by atoms with Crippen LogP contribution in [0.5, 0.6) is 23.0 Å². The lowest BCUT2D eigenvalue weighted by Gasteiger charge is -2.32. The first-order valence-electron chi connectivity index (χ1n) is 14.9. The molecule has 236 valence electrons. The van der Waals surface area contributed by atoms with E-state index in [1.54, 1.807) is 40.2 Å². The Morgan fingerprint density at radius 1 is 0.800 bits per heavy atom. The second-order valence-corrected chi connectivity index (χ2v) is 12.4. The van der Waals surface area contributed by atoms with Gasteiger partial charge in [0.1, 0.15) is 4.75 Å². The average molecular weight is 645 g/mol. The number of hydrogen-bond donors (Lipinski definition) is 0. The lowest BCUT2D eigenvalue weighted by molar-refractivity contribution is 0.245. The Labute approximate surface area is 277 Å². The van der Waals surface area contributed by atoms with E-state index in [1.807, 2.05) is 30.3 Å². The van der Waals surface area contributed by atoms with E-state index in [9.17, 15) is 5.26 Å². The zero-order chi connectivity index (χ0) is 31.1. The van der Waals surface area contributed by atoms with Gasteiger partial charge in [0.2, 0.25) is 0 Å². The van der Waals surface area contributed by atoms with Gasteiger partial charge in [-0.1, -0.05) is 59.8 Å². The minimum Gasteiger partial charge on any atom is -0.493 e. The Balaban J connectivity index is 0.00000461. The molecule has 0 aliphatic carbocycles. The molecule has 4 aromatic rings. The molecule has 1 heterocycles. The van der Waals surface area contributed by atoms with Crippen molar-refractivity contribution in [2.45, 2.75) is 42.4 Å². The van der Waals surface area contributed by atoms with Crippen LogP contribution in [-0.2, 0) is 17.7 Å². The van der Waals surface area contributed by atoms with Crippen molar-refractivity contribution in [1.82, 2.24) is 4.90 Å². The fourth-order valence-electron chi connectivity index (χ4n) is 5.96. The number of ether oxygens (including phenoxy) is 4. The largest absolute Gasteiger partial charge is 0.493 e. The second kappa shape index (κ2) is 15.4. The number of hydrogen-bond acceptors (Lipinski definition) is 7. The van der Waals surface area contributed by atoms with Crippen molar-refractivity contribution in [3.63, 3.8) is 0 Å². The van der Waals surface area contributed by atoms with Gasteiger partial charge in [-0.2, -0.15) is 5.26 Å². The van der Waals surface area contributed by atoms with Crippen LogP contribution in [0.15, 0.2) is 83.8 Å². The number of benzene rings is 4. The number of aryl methyl sites for hydroxylation is 1. The van der Waals surface area contributed by atoms with Gasteiger partial charge in [-0.15, -0.1) is 12.4 Å². The van der Waals surface area contributed by atoms with Gasteiger partial charge < -0.3 is 18.9 Å². The predicted octanol–water partition coefficient (Wildman–Crippen LogP) is 8.47. The highest BCUT2D eigenvalue weighted by Gasteiger charge is 2.36. The molecule has 5 rings (SSSR count). The first kappa shape index (κ1) is 34.1. The van der Waals surface area contributed by atoms with Crippen LogP contribution in [0.2, 0.25) is 0 Å². The summed E-state index contributed by atoms with van der Waals surface area (Å²) in [6, 6.07) is 29.7. The quantitative estimate of drug-likeness (QED) is 0.143. The first-order chi connectivity index (χ1) is 21.4. The molecule has 45 heavy (non-hydrogen) atoms. The number of rotatable bonds is 12. The second-order valence-electron chi connectivity index (χ2n) is 11.1. The van der Waals surface area contributed by atoms with Gasteiger partial charge in [-0.05, 0) is 96.9 Å². The molecule has 0 saturated heterocycles. The molecule has 0 amide bonds. The van der Waals surface area contributed by atoms with Gasteiger partial charge in [0.15, 0.2) is 23.0 Å². The van der Waals surface area contributed by atoms with E-state index in [0.717, 1.165) is 65.6 Å². The molecule has 1 aliphatic heterocycles. The standard InChI is InChI=1S/C37H40N2O4S.ClH/c1-26-11-14-30(15-12-26)44-37(25-38,32-10-7-6-9-31(32)28-13-16-33(40-2)34(22-28)41-3)18-8-19-39-20-17-27-21-35(42-4)36(43-5)23-29(27)24-39;/h6-7,9-16,21-23H,8,17-20,24H2,1-5H3;1H. The molecular formula is C37H41ClN2O4S. The number of halogens is 1. The van der Waals surface area contributed by atoms with Crippen LogP contribution in [0.1, 0.15) is 35.1 Å². The molecule has 0 saturated carbocycles. The van der Waals surface area contributed by atoms with E-state index in [-0.39, 0.29) is 12.4 Å². The van der Waals surface area contributed by atoms with Crippen molar-refractivity contribution in [1.29, 1.82) is 5.26 Å². The molecule has 0 radical (unpaired) electrons. The summed E-state index contributed by atoms with van der Waals surface area (Å²) in [5.74, 6) is 2.87. The third-order valence-corrected chi connectivity index (χ3v) is 9.72. The summed E-state index contributed by atoms with van der Waals surface area (Å²) >= 11 is 1.64. The summed E-state index contributed by atoms with van der Waals surface area (Å²) in [5.41, 5.74) is 6.78. The lowest BCUT2D eigenvalue weighted by atomic mass is 9.87. The van der Waals surface area contributed by atoms with Crippen LogP contribution in [0.25, 0.3) is 11.1 Å². The molecule has 4 aromatic carbocycles. The molecule has 0 N–H and O–H groups in total. The highest BCUT2D eigenvalue weighted by Crippen LogP contribution is 2.48. The van der Waals surface area contributed by atoms with E-state index in [0.29, 0.717) is 17.9 Å². The Morgan fingerprint density at radius 2 is 1.44 bits per heavy atom. The summed E-state index contributed by atoms with van der Waals surface area (Å²) < 4.78 is 21.4. The summed E-state index contributed by atoms with van der Waals surface area (Å²) in [5, 5.41) is 11.0. The SMILES string of the molecule is COc1ccc(-c2ccccc2C(C#N)(CCCN2CCc3cc(OC)c(OC)cc3C2)Sc2ccc(C)cc2)cc1OC.Cl. The smallest absolute Gasteiger partial charge is 0.161 e. The fourth-order valence-corrected chi connectivity index (χ4v) is 7.22. The molecule has 1 unspecified atom stereocenters. The molecule has 0 spiro atoms. The van der Waals surface area contributed by atoms with Crippen LogP contribution in [-0.4, -0.2) is 46.4 Å². The third-order valence-electron chi connectivity index (χ3n) is 8.35. The maximum Gasteiger partial charge on any atom is 0.161 e. The van der Waals surface area contributed by atoms with Crippen molar-refractivity contribution in [3.05, 3.63) is 101 Å². The predicted molar refractivity (Wildman–Crippen MR) is 184 cm³/mol. The third kappa shape index (κ3) is 7.53. The van der Waals surface area contributed by atoms with Gasteiger partial charge in [0, 0.05) is 18.0 Å². The molecule has 1 aliphatic rings. The van der Waals surface area contributed by atoms with E-state index < -0.39 is 4.75 Å². The number of nitriles is 1. The topological polar surface area (TPSA) is 64.0 Å². The van der Waals surface area contributed by atoms with Gasteiger partial charge in [0.25, 0.3) is 0 Å². The number of fused-ring (bicyclic) bond motifs is 1. The Kier molecular flexibility index (Phi) is 11.7. The van der Waals surface area contributed by atoms with Crippen LogP contribution in [0.4, 0.5) is 0 Å². The minimum atomic E-state index is -0.802. The van der Waals surface area contributed by atoms with Crippen LogP contribution in [0.3, 0.4) is 0 Å². The Bertz CT molecular complexity index is 1640. The molecule has 6 nitrogen and oxygen atoms in total. The van der Waals surface area contributed by atoms with Crippen LogP contribution >= 0.6 is 24.2 Å². The lowest BCUT2D eigenvalue weighted by Crippen LogP contribution is -2.32. The number of thioether (sulfide) groups is 1. The molecule has 0 aromatic heterocycles. The monoisotopic (exact) mass is 644 g/mol. The minimum absolute atomic E-state index is 0. The van der Waals surface area contributed by atoms with E-state index in [4.69, 9.17) is 18.9 Å². The van der Waals surface area contributed by atoms with Crippen molar-refractivity contribution in [2.75, 3.05) is 41.5 Å². The van der Waals surface area contributed by atoms with Crippen molar-refractivity contribution >= 4 is 24.2 Å². The van der Waals surface area contributed by atoms with Crippen molar-refractivity contribution in [2.24, 2.45) is 0 Å². The average Bonchev–Trinajstić information content (AvgIpc) is 3.07. The van der Waals surface area contributed by atoms with Crippen molar-refractivity contribution in [3.8, 4) is 40.2 Å². The van der Waals surface area contributed by atoms with Gasteiger partial charge in [0.05, 0.1) is 34.5 Å². The molecular weight excluding hydrogens is 604 g/mol. The number of nitrogens with zero attached hydrogens (tertiary/aromatic N) is 2. The summed E-state index contributed by atoms with van der Waals surface area (Å²) in [7, 11) is 6.64. The maximum absolute atomic E-state index is 11.0. The summed E-state index contributed by atoms with van der Waals surface area (Å²) in [6.07, 6.45) is 2.52. The number of methoxy groups -OCH3 is 4. The molecule has 0 bridgehead atoms.